The van der Waals surface area contributed by atoms with E-state index in [0.717, 1.165) is 31.6 Å². The van der Waals surface area contributed by atoms with Gasteiger partial charge in [-0.25, -0.2) is 0 Å². The summed E-state index contributed by atoms with van der Waals surface area (Å²) in [7, 11) is 1.95. The number of rotatable bonds is 7. The van der Waals surface area contributed by atoms with Crippen LogP contribution in [-0.4, -0.2) is 54.8 Å². The van der Waals surface area contributed by atoms with E-state index < -0.39 is 0 Å². The second-order valence-electron chi connectivity index (χ2n) is 5.69. The summed E-state index contributed by atoms with van der Waals surface area (Å²) in [5, 5.41) is 3.19. The van der Waals surface area contributed by atoms with Gasteiger partial charge >= 0.3 is 0 Å². The van der Waals surface area contributed by atoms with Crippen LogP contribution in [0.3, 0.4) is 0 Å². The van der Waals surface area contributed by atoms with Gasteiger partial charge in [-0.1, -0.05) is 30.3 Å². The average Bonchev–Trinajstić information content (AvgIpc) is 2.56. The molecule has 0 spiro atoms. The molecule has 1 aromatic rings. The van der Waals surface area contributed by atoms with Gasteiger partial charge < -0.3 is 10.2 Å². The minimum Gasteiger partial charge on any atom is -0.342 e. The maximum atomic E-state index is 12.2. The zero-order chi connectivity index (χ0) is 15.8. The average molecular weight is 320 g/mol. The molecule has 1 aliphatic rings. The maximum absolute atomic E-state index is 12.2. The lowest BCUT2D eigenvalue weighted by molar-refractivity contribution is -0.130. The number of thioether (sulfide) groups is 1. The molecule has 22 heavy (non-hydrogen) atoms. The molecule has 1 heterocycles. The molecule has 1 atom stereocenters. The van der Waals surface area contributed by atoms with E-state index in [0.29, 0.717) is 17.4 Å². The fraction of sp³-hybridized carbons (Fsp3) is 0.529. The molecule has 120 valence electrons. The number of carbonyl (C=O) groups excluding carboxylic acids is 2. The van der Waals surface area contributed by atoms with Crippen LogP contribution in [0.1, 0.15) is 23.2 Å². The highest BCUT2D eigenvalue weighted by molar-refractivity contribution is 8.00. The van der Waals surface area contributed by atoms with E-state index in [-0.39, 0.29) is 11.7 Å². The molecule has 2 rings (SSSR count). The van der Waals surface area contributed by atoms with Crippen molar-refractivity contribution >= 4 is 23.5 Å². The van der Waals surface area contributed by atoms with E-state index in [1.807, 2.05) is 42.3 Å². The van der Waals surface area contributed by atoms with Gasteiger partial charge in [0.05, 0.1) is 11.5 Å². The van der Waals surface area contributed by atoms with Gasteiger partial charge in [0.25, 0.3) is 0 Å². The summed E-state index contributed by atoms with van der Waals surface area (Å²) < 4.78 is 0. The molecule has 4 nitrogen and oxygen atoms in total. The first-order valence-corrected chi connectivity index (χ1v) is 8.94. The molecule has 0 aromatic heterocycles. The number of amides is 1. The van der Waals surface area contributed by atoms with Crippen LogP contribution < -0.4 is 5.32 Å². The number of hydrogen-bond acceptors (Lipinski definition) is 4. The van der Waals surface area contributed by atoms with Crippen molar-refractivity contribution in [3.05, 3.63) is 35.9 Å². The van der Waals surface area contributed by atoms with Crippen molar-refractivity contribution in [1.29, 1.82) is 0 Å². The highest BCUT2D eigenvalue weighted by Crippen LogP contribution is 2.17. The zero-order valence-corrected chi connectivity index (χ0v) is 13.9. The fourth-order valence-corrected chi connectivity index (χ4v) is 3.59. The van der Waals surface area contributed by atoms with E-state index in [2.05, 4.69) is 5.32 Å². The molecule has 1 saturated heterocycles. The monoisotopic (exact) mass is 320 g/mol. The van der Waals surface area contributed by atoms with Gasteiger partial charge in [0.1, 0.15) is 0 Å². The van der Waals surface area contributed by atoms with Crippen molar-refractivity contribution in [1.82, 2.24) is 10.2 Å². The number of likely N-dealkylation sites (tertiary alicyclic amines) is 1. The van der Waals surface area contributed by atoms with Crippen LogP contribution in [0, 0.1) is 5.92 Å². The Bertz CT molecular complexity index is 491. The van der Waals surface area contributed by atoms with Crippen LogP contribution in [-0.2, 0) is 4.79 Å². The van der Waals surface area contributed by atoms with Crippen molar-refractivity contribution in [2.75, 3.05) is 38.2 Å². The number of ketones is 1. The second kappa shape index (κ2) is 8.96. The quantitative estimate of drug-likeness (QED) is 0.781. The van der Waals surface area contributed by atoms with Crippen molar-refractivity contribution in [3.63, 3.8) is 0 Å². The van der Waals surface area contributed by atoms with Gasteiger partial charge in [0, 0.05) is 18.7 Å². The molecule has 1 amide bonds. The Balaban J connectivity index is 1.72. The van der Waals surface area contributed by atoms with Crippen molar-refractivity contribution in [2.24, 2.45) is 5.92 Å². The standard InChI is InChI=1S/C17H24N2O2S/c1-18-10-14-6-5-9-19(11-14)17(21)13-22-12-16(20)15-7-3-2-4-8-15/h2-4,7-8,14,18H,5-6,9-13H2,1H3. The van der Waals surface area contributed by atoms with E-state index in [1.54, 1.807) is 0 Å². The number of piperidine rings is 1. The first-order valence-electron chi connectivity index (χ1n) is 7.79. The van der Waals surface area contributed by atoms with E-state index >= 15 is 0 Å². The third-order valence-corrected chi connectivity index (χ3v) is 4.84. The highest BCUT2D eigenvalue weighted by Gasteiger charge is 2.23. The van der Waals surface area contributed by atoms with Crippen LogP contribution in [0.4, 0.5) is 0 Å². The Kier molecular flexibility index (Phi) is 6.93. The van der Waals surface area contributed by atoms with Crippen LogP contribution in [0.2, 0.25) is 0 Å². The van der Waals surface area contributed by atoms with Gasteiger partial charge in [-0.15, -0.1) is 11.8 Å². The van der Waals surface area contributed by atoms with Gasteiger partial charge in [-0.05, 0) is 32.4 Å². The van der Waals surface area contributed by atoms with Gasteiger partial charge in [0.2, 0.25) is 5.91 Å². The number of nitrogens with zero attached hydrogens (tertiary/aromatic N) is 1. The summed E-state index contributed by atoms with van der Waals surface area (Å²) >= 11 is 1.42. The fourth-order valence-electron chi connectivity index (χ4n) is 2.78. The minimum atomic E-state index is 0.0881. The third kappa shape index (κ3) is 5.14. The van der Waals surface area contributed by atoms with Crippen LogP contribution in [0.15, 0.2) is 30.3 Å². The molecule has 1 fully saturated rings. The molecule has 1 aliphatic heterocycles. The smallest absolute Gasteiger partial charge is 0.232 e. The summed E-state index contributed by atoms with van der Waals surface area (Å²) in [5.41, 5.74) is 0.717. The maximum Gasteiger partial charge on any atom is 0.232 e. The van der Waals surface area contributed by atoms with Gasteiger partial charge in [-0.3, -0.25) is 9.59 Å². The zero-order valence-electron chi connectivity index (χ0n) is 13.1. The number of benzene rings is 1. The largest absolute Gasteiger partial charge is 0.342 e. The topological polar surface area (TPSA) is 49.4 Å². The molecule has 0 saturated carbocycles. The number of Topliss-reactive ketones (excluding diaryl/α,β-unsaturated/α-hetero) is 1. The Morgan fingerprint density at radius 1 is 1.27 bits per heavy atom. The molecule has 0 aliphatic carbocycles. The SMILES string of the molecule is CNCC1CCCN(C(=O)CSCC(=O)c2ccccc2)C1. The van der Waals surface area contributed by atoms with Gasteiger partial charge in [0.15, 0.2) is 5.78 Å². The van der Waals surface area contributed by atoms with Crippen LogP contribution >= 0.6 is 11.8 Å². The molecule has 5 heteroatoms. The predicted molar refractivity (Wildman–Crippen MR) is 91.3 cm³/mol. The normalized spacial score (nSPS) is 18.2. The third-order valence-electron chi connectivity index (χ3n) is 3.92. The molecular weight excluding hydrogens is 296 g/mol. The molecule has 0 radical (unpaired) electrons. The highest BCUT2D eigenvalue weighted by atomic mass is 32.2. The Morgan fingerprint density at radius 3 is 2.77 bits per heavy atom. The second-order valence-corrected chi connectivity index (χ2v) is 6.67. The van der Waals surface area contributed by atoms with Crippen molar-refractivity contribution in [3.8, 4) is 0 Å². The first kappa shape index (κ1) is 17.0. The van der Waals surface area contributed by atoms with E-state index in [1.165, 1.54) is 18.2 Å². The summed E-state index contributed by atoms with van der Waals surface area (Å²) in [6, 6.07) is 9.25. The first-order chi connectivity index (χ1) is 10.7. The summed E-state index contributed by atoms with van der Waals surface area (Å²) in [5.74, 6) is 1.56. The van der Waals surface area contributed by atoms with Crippen LogP contribution in [0.25, 0.3) is 0 Å². The van der Waals surface area contributed by atoms with Crippen molar-refractivity contribution in [2.45, 2.75) is 12.8 Å². The number of carbonyl (C=O) groups is 2. The van der Waals surface area contributed by atoms with Crippen LogP contribution in [0.5, 0.6) is 0 Å². The number of hydrogen-bond donors (Lipinski definition) is 1. The lowest BCUT2D eigenvalue weighted by atomic mass is 9.98. The molecule has 0 bridgehead atoms. The minimum absolute atomic E-state index is 0.0881. The van der Waals surface area contributed by atoms with E-state index in [4.69, 9.17) is 0 Å². The summed E-state index contributed by atoms with van der Waals surface area (Å²) in [6.45, 7) is 2.66. The lowest BCUT2D eigenvalue weighted by Gasteiger charge is -2.32. The molecule has 1 unspecified atom stereocenters. The molecule has 1 aromatic carbocycles. The Morgan fingerprint density at radius 2 is 2.05 bits per heavy atom. The Hall–Kier alpha value is -1.33. The molecule has 1 N–H and O–H groups in total. The number of nitrogens with one attached hydrogen (secondary N) is 1. The molecular formula is C17H24N2O2S. The summed E-state index contributed by atoms with van der Waals surface area (Å²) in [6.07, 6.45) is 2.26. The lowest BCUT2D eigenvalue weighted by Crippen LogP contribution is -2.43. The van der Waals surface area contributed by atoms with E-state index in [9.17, 15) is 9.59 Å². The Labute approximate surface area is 136 Å². The summed E-state index contributed by atoms with van der Waals surface area (Å²) in [4.78, 5) is 26.2. The predicted octanol–water partition coefficient (Wildman–Crippen LogP) is 2.06. The van der Waals surface area contributed by atoms with Crippen molar-refractivity contribution < 1.29 is 9.59 Å². The van der Waals surface area contributed by atoms with Gasteiger partial charge in [-0.2, -0.15) is 0 Å².